The maximum Gasteiger partial charge on any atom is 0.323 e. The van der Waals surface area contributed by atoms with E-state index in [1.807, 2.05) is 36.4 Å². The normalized spacial score (nSPS) is 10.6. The van der Waals surface area contributed by atoms with Gasteiger partial charge in [-0.05, 0) is 36.2 Å². The summed E-state index contributed by atoms with van der Waals surface area (Å²) in [6.45, 7) is 0.505. The van der Waals surface area contributed by atoms with Crippen molar-refractivity contribution >= 4 is 16.9 Å². The number of amides is 1. The molecule has 0 radical (unpaired) electrons. The van der Waals surface area contributed by atoms with Crippen molar-refractivity contribution in [3.8, 4) is 5.75 Å². The van der Waals surface area contributed by atoms with Gasteiger partial charge in [0.1, 0.15) is 5.75 Å². The van der Waals surface area contributed by atoms with Crippen molar-refractivity contribution in [2.75, 3.05) is 13.2 Å². The van der Waals surface area contributed by atoms with Crippen LogP contribution in [0.3, 0.4) is 0 Å². The predicted octanol–water partition coefficient (Wildman–Crippen LogP) is 1.59. The van der Waals surface area contributed by atoms with E-state index >= 15 is 0 Å². The van der Waals surface area contributed by atoms with E-state index in [4.69, 9.17) is 4.74 Å². The minimum atomic E-state index is -0.219. The number of carbonyl (C=O) groups excluding carboxylic acids is 1. The number of carbonyl (C=O) groups is 1. The predicted molar refractivity (Wildman–Crippen MR) is 87.6 cm³/mol. The molecule has 3 aromatic rings. The van der Waals surface area contributed by atoms with Crippen molar-refractivity contribution in [2.24, 2.45) is 0 Å². The SMILES string of the molecule is O=C(COc1ccccc1)NCCc1ccc2[nH]c(=O)[nH]c2c1. The lowest BCUT2D eigenvalue weighted by Gasteiger charge is -2.07. The van der Waals surface area contributed by atoms with Crippen molar-refractivity contribution in [2.45, 2.75) is 6.42 Å². The minimum Gasteiger partial charge on any atom is -0.484 e. The lowest BCUT2D eigenvalue weighted by Crippen LogP contribution is -2.30. The fourth-order valence-electron chi connectivity index (χ4n) is 2.30. The molecule has 0 aliphatic carbocycles. The number of ether oxygens (including phenoxy) is 1. The number of aromatic nitrogens is 2. The van der Waals surface area contributed by atoms with Gasteiger partial charge in [-0.2, -0.15) is 0 Å². The first-order valence-corrected chi connectivity index (χ1v) is 7.36. The highest BCUT2D eigenvalue weighted by molar-refractivity contribution is 5.77. The van der Waals surface area contributed by atoms with Crippen molar-refractivity contribution < 1.29 is 9.53 Å². The summed E-state index contributed by atoms with van der Waals surface area (Å²) in [7, 11) is 0. The summed E-state index contributed by atoms with van der Waals surface area (Å²) in [6, 6.07) is 14.9. The molecule has 0 unspecified atom stereocenters. The second-order valence-electron chi connectivity index (χ2n) is 5.16. The van der Waals surface area contributed by atoms with Crippen molar-refractivity contribution in [1.29, 1.82) is 0 Å². The number of para-hydroxylation sites is 1. The number of hydrogen-bond donors (Lipinski definition) is 3. The quantitative estimate of drug-likeness (QED) is 0.646. The number of H-pyrrole nitrogens is 2. The van der Waals surface area contributed by atoms with E-state index in [-0.39, 0.29) is 18.2 Å². The summed E-state index contributed by atoms with van der Waals surface area (Å²) < 4.78 is 5.38. The molecule has 1 aromatic heterocycles. The van der Waals surface area contributed by atoms with Crippen LogP contribution in [0.25, 0.3) is 11.0 Å². The van der Waals surface area contributed by atoms with Crippen molar-refractivity contribution in [1.82, 2.24) is 15.3 Å². The maximum absolute atomic E-state index is 11.7. The summed E-state index contributed by atoms with van der Waals surface area (Å²) >= 11 is 0. The van der Waals surface area contributed by atoms with E-state index in [0.29, 0.717) is 18.7 Å². The Kier molecular flexibility index (Phi) is 4.42. The molecule has 2 aromatic carbocycles. The van der Waals surface area contributed by atoms with Gasteiger partial charge in [0.05, 0.1) is 11.0 Å². The number of fused-ring (bicyclic) bond motifs is 1. The van der Waals surface area contributed by atoms with Gasteiger partial charge in [0, 0.05) is 6.54 Å². The van der Waals surface area contributed by atoms with Gasteiger partial charge in [-0.25, -0.2) is 4.79 Å². The van der Waals surface area contributed by atoms with Crippen LogP contribution < -0.4 is 15.7 Å². The molecule has 0 atom stereocenters. The third-order valence-corrected chi connectivity index (χ3v) is 3.43. The second-order valence-corrected chi connectivity index (χ2v) is 5.16. The van der Waals surface area contributed by atoms with Gasteiger partial charge in [-0.1, -0.05) is 24.3 Å². The van der Waals surface area contributed by atoms with E-state index in [0.717, 1.165) is 16.6 Å². The van der Waals surface area contributed by atoms with E-state index in [9.17, 15) is 9.59 Å². The van der Waals surface area contributed by atoms with Crippen LogP contribution in [0.1, 0.15) is 5.56 Å². The largest absolute Gasteiger partial charge is 0.484 e. The van der Waals surface area contributed by atoms with Crippen LogP contribution in [0.2, 0.25) is 0 Å². The summed E-state index contributed by atoms with van der Waals surface area (Å²) in [5, 5.41) is 2.81. The Morgan fingerprint density at radius 2 is 1.83 bits per heavy atom. The van der Waals surface area contributed by atoms with Crippen LogP contribution in [-0.4, -0.2) is 29.0 Å². The van der Waals surface area contributed by atoms with Gasteiger partial charge in [0.2, 0.25) is 0 Å². The summed E-state index contributed by atoms with van der Waals surface area (Å²) in [5.41, 5.74) is 2.37. The molecule has 0 saturated heterocycles. The molecule has 0 aliphatic rings. The maximum atomic E-state index is 11.7. The van der Waals surface area contributed by atoms with Crippen LogP contribution in [0.15, 0.2) is 53.3 Å². The third-order valence-electron chi connectivity index (χ3n) is 3.43. The molecule has 0 saturated carbocycles. The molecule has 118 valence electrons. The van der Waals surface area contributed by atoms with E-state index in [2.05, 4.69) is 15.3 Å². The van der Waals surface area contributed by atoms with Gasteiger partial charge in [-0.3, -0.25) is 4.79 Å². The Morgan fingerprint density at radius 1 is 1.04 bits per heavy atom. The van der Waals surface area contributed by atoms with E-state index in [1.165, 1.54) is 0 Å². The molecular weight excluding hydrogens is 294 g/mol. The zero-order valence-electron chi connectivity index (χ0n) is 12.5. The molecule has 23 heavy (non-hydrogen) atoms. The molecule has 0 spiro atoms. The van der Waals surface area contributed by atoms with Crippen LogP contribution in [-0.2, 0) is 11.2 Å². The van der Waals surface area contributed by atoms with Crippen LogP contribution in [0.5, 0.6) is 5.75 Å². The van der Waals surface area contributed by atoms with Gasteiger partial charge in [0.25, 0.3) is 5.91 Å². The topological polar surface area (TPSA) is 87.0 Å². The molecule has 6 nitrogen and oxygen atoms in total. The number of imidazole rings is 1. The zero-order valence-corrected chi connectivity index (χ0v) is 12.5. The monoisotopic (exact) mass is 311 g/mol. The molecule has 6 heteroatoms. The molecule has 3 rings (SSSR count). The number of nitrogens with one attached hydrogen (secondary N) is 3. The molecule has 0 fully saturated rings. The highest BCUT2D eigenvalue weighted by Crippen LogP contribution is 2.10. The fraction of sp³-hybridized carbons (Fsp3) is 0.176. The van der Waals surface area contributed by atoms with Crippen LogP contribution >= 0.6 is 0 Å². The van der Waals surface area contributed by atoms with Crippen LogP contribution in [0.4, 0.5) is 0 Å². The smallest absolute Gasteiger partial charge is 0.323 e. The lowest BCUT2D eigenvalue weighted by atomic mass is 10.1. The third kappa shape index (κ3) is 4.00. The van der Waals surface area contributed by atoms with E-state index < -0.39 is 0 Å². The van der Waals surface area contributed by atoms with Crippen molar-refractivity contribution in [3.63, 3.8) is 0 Å². The average Bonchev–Trinajstić information content (AvgIpc) is 2.93. The fourth-order valence-corrected chi connectivity index (χ4v) is 2.30. The Bertz CT molecular complexity index is 852. The molecular formula is C17H17N3O3. The summed E-state index contributed by atoms with van der Waals surface area (Å²) in [4.78, 5) is 28.4. The lowest BCUT2D eigenvalue weighted by molar-refractivity contribution is -0.123. The van der Waals surface area contributed by atoms with Gasteiger partial charge >= 0.3 is 5.69 Å². The molecule has 1 heterocycles. The molecule has 3 N–H and O–H groups in total. The number of benzene rings is 2. The summed E-state index contributed by atoms with van der Waals surface area (Å²) in [6.07, 6.45) is 0.681. The molecule has 0 bridgehead atoms. The standard InChI is InChI=1S/C17H17N3O3/c21-16(11-23-13-4-2-1-3-5-13)18-9-8-12-6-7-14-15(10-12)20-17(22)19-14/h1-7,10H,8-9,11H2,(H,18,21)(H2,19,20,22). The minimum absolute atomic E-state index is 0.00578. The first-order valence-electron chi connectivity index (χ1n) is 7.36. The van der Waals surface area contributed by atoms with E-state index in [1.54, 1.807) is 12.1 Å². The molecule has 1 amide bonds. The number of hydrogen-bond acceptors (Lipinski definition) is 3. The Labute approximate surface area is 132 Å². The highest BCUT2D eigenvalue weighted by Gasteiger charge is 2.03. The number of aromatic amines is 2. The first kappa shape index (κ1) is 14.9. The Hall–Kier alpha value is -3.02. The van der Waals surface area contributed by atoms with Gasteiger partial charge in [0.15, 0.2) is 6.61 Å². The Morgan fingerprint density at radius 3 is 2.65 bits per heavy atom. The number of rotatable bonds is 6. The van der Waals surface area contributed by atoms with Gasteiger partial charge < -0.3 is 20.0 Å². The Balaban J connectivity index is 1.46. The molecule has 0 aliphatic heterocycles. The second kappa shape index (κ2) is 6.83. The zero-order chi connectivity index (χ0) is 16.1. The highest BCUT2D eigenvalue weighted by atomic mass is 16.5. The first-order chi connectivity index (χ1) is 11.2. The van der Waals surface area contributed by atoms with Gasteiger partial charge in [-0.15, -0.1) is 0 Å². The van der Waals surface area contributed by atoms with Crippen molar-refractivity contribution in [3.05, 3.63) is 64.6 Å². The summed E-state index contributed by atoms with van der Waals surface area (Å²) in [5.74, 6) is 0.509. The van der Waals surface area contributed by atoms with Crippen LogP contribution in [0, 0.1) is 0 Å². The average molecular weight is 311 g/mol.